The number of methoxy groups -OCH3 is 1. The van der Waals surface area contributed by atoms with Crippen molar-refractivity contribution in [2.45, 2.75) is 64.6 Å². The van der Waals surface area contributed by atoms with Crippen LogP contribution >= 0.6 is 0 Å². The number of amides is 1. The summed E-state index contributed by atoms with van der Waals surface area (Å²) >= 11 is 0. The molecule has 1 aromatic heterocycles. The molecule has 0 fully saturated rings. The van der Waals surface area contributed by atoms with Gasteiger partial charge in [-0.2, -0.15) is 5.10 Å². The molecule has 168 valence electrons. The van der Waals surface area contributed by atoms with Crippen molar-refractivity contribution in [3.63, 3.8) is 0 Å². The molecule has 0 bridgehead atoms. The lowest BCUT2D eigenvalue weighted by Gasteiger charge is -2.24. The molecule has 1 aromatic carbocycles. The maximum absolute atomic E-state index is 12.9. The Hall–Kier alpha value is -2.54. The van der Waals surface area contributed by atoms with Gasteiger partial charge in [-0.15, -0.1) is 0 Å². The van der Waals surface area contributed by atoms with Crippen molar-refractivity contribution in [2.75, 3.05) is 27.2 Å². The van der Waals surface area contributed by atoms with Crippen molar-refractivity contribution >= 4 is 5.91 Å². The fourth-order valence-corrected chi connectivity index (χ4v) is 4.55. The summed E-state index contributed by atoms with van der Waals surface area (Å²) in [6.45, 7) is 4.99. The Morgan fingerprint density at radius 3 is 3.00 bits per heavy atom. The molecule has 2 aromatic rings. The minimum absolute atomic E-state index is 0.123. The highest BCUT2D eigenvalue weighted by atomic mass is 16.5. The van der Waals surface area contributed by atoms with Gasteiger partial charge in [-0.1, -0.05) is 6.92 Å². The molecule has 1 aliphatic heterocycles. The summed E-state index contributed by atoms with van der Waals surface area (Å²) in [7, 11) is 3.56. The molecule has 31 heavy (non-hydrogen) atoms. The van der Waals surface area contributed by atoms with E-state index in [9.17, 15) is 4.79 Å². The minimum atomic E-state index is 0.123. The summed E-state index contributed by atoms with van der Waals surface area (Å²) in [6, 6.07) is 5.96. The molecule has 1 atom stereocenters. The number of aromatic amines is 1. The second kappa shape index (κ2) is 9.73. The number of nitrogens with one attached hydrogen (secondary N) is 1. The van der Waals surface area contributed by atoms with Crippen molar-refractivity contribution in [2.24, 2.45) is 0 Å². The maximum Gasteiger partial charge on any atom is 0.223 e. The van der Waals surface area contributed by atoms with Crippen LogP contribution in [0.1, 0.15) is 55.1 Å². The van der Waals surface area contributed by atoms with E-state index in [1.807, 2.05) is 30.1 Å². The molecule has 0 radical (unpaired) electrons. The minimum Gasteiger partial charge on any atom is -0.497 e. The summed E-state index contributed by atoms with van der Waals surface area (Å²) in [6.07, 6.45) is 6.10. The van der Waals surface area contributed by atoms with Crippen LogP contribution in [0.25, 0.3) is 0 Å². The lowest BCUT2D eigenvalue weighted by Crippen LogP contribution is -2.36. The number of nitrogens with zero attached hydrogens (tertiary/aromatic N) is 3. The highest BCUT2D eigenvalue weighted by Gasteiger charge is 2.24. The monoisotopic (exact) mass is 426 g/mol. The van der Waals surface area contributed by atoms with Crippen LogP contribution in [-0.2, 0) is 30.7 Å². The van der Waals surface area contributed by atoms with E-state index in [4.69, 9.17) is 9.47 Å². The number of carbonyl (C=O) groups excluding carboxylic acids is 1. The molecule has 2 aliphatic rings. The highest BCUT2D eigenvalue weighted by molar-refractivity contribution is 5.76. The maximum atomic E-state index is 12.9. The zero-order valence-corrected chi connectivity index (χ0v) is 18.9. The molecule has 7 nitrogen and oxygen atoms in total. The average molecular weight is 427 g/mol. The SMILES string of the molecule is CCC1CN(CCC(=O)N(C)Cc2n[nH]c3c2CCCC3)Cc2cc(OC)ccc2O1. The Bertz CT molecular complexity index is 910. The van der Waals surface area contributed by atoms with Gasteiger partial charge in [0.25, 0.3) is 0 Å². The number of rotatable bonds is 7. The van der Waals surface area contributed by atoms with Gasteiger partial charge in [0.15, 0.2) is 0 Å². The van der Waals surface area contributed by atoms with Crippen molar-refractivity contribution in [3.05, 3.63) is 40.7 Å². The highest BCUT2D eigenvalue weighted by Crippen LogP contribution is 2.30. The predicted octanol–water partition coefficient (Wildman–Crippen LogP) is 3.32. The zero-order chi connectivity index (χ0) is 21.8. The summed E-state index contributed by atoms with van der Waals surface area (Å²) < 4.78 is 11.6. The second-order valence-corrected chi connectivity index (χ2v) is 8.69. The molecule has 1 N–H and O–H groups in total. The van der Waals surface area contributed by atoms with E-state index in [-0.39, 0.29) is 12.0 Å². The number of H-pyrrole nitrogens is 1. The lowest BCUT2D eigenvalue weighted by molar-refractivity contribution is -0.130. The van der Waals surface area contributed by atoms with Gasteiger partial charge in [0.1, 0.15) is 17.6 Å². The van der Waals surface area contributed by atoms with E-state index in [0.717, 1.165) is 55.1 Å². The molecule has 1 aliphatic carbocycles. The number of aromatic nitrogens is 2. The molecular weight excluding hydrogens is 392 g/mol. The van der Waals surface area contributed by atoms with Crippen molar-refractivity contribution in [1.29, 1.82) is 0 Å². The van der Waals surface area contributed by atoms with E-state index < -0.39 is 0 Å². The number of hydrogen-bond donors (Lipinski definition) is 1. The fourth-order valence-electron chi connectivity index (χ4n) is 4.55. The molecular formula is C24H34N4O3. The first-order chi connectivity index (χ1) is 15.1. The Morgan fingerprint density at radius 1 is 1.35 bits per heavy atom. The number of aryl methyl sites for hydroxylation is 1. The van der Waals surface area contributed by atoms with E-state index in [0.29, 0.717) is 19.5 Å². The zero-order valence-electron chi connectivity index (χ0n) is 18.9. The molecule has 2 heterocycles. The summed E-state index contributed by atoms with van der Waals surface area (Å²) in [5, 5.41) is 7.66. The molecule has 4 rings (SSSR count). The number of carbonyl (C=O) groups is 1. The van der Waals surface area contributed by atoms with Gasteiger partial charge in [0.2, 0.25) is 5.91 Å². The van der Waals surface area contributed by atoms with Gasteiger partial charge in [-0.05, 0) is 55.9 Å². The van der Waals surface area contributed by atoms with Crippen LogP contribution in [-0.4, -0.2) is 59.3 Å². The van der Waals surface area contributed by atoms with E-state index in [1.54, 1.807) is 7.11 Å². The van der Waals surface area contributed by atoms with Crippen molar-refractivity contribution in [3.8, 4) is 11.5 Å². The van der Waals surface area contributed by atoms with Crippen LogP contribution in [0.2, 0.25) is 0 Å². The van der Waals surface area contributed by atoms with Crippen LogP contribution in [0.3, 0.4) is 0 Å². The normalized spacial score (nSPS) is 18.5. The fraction of sp³-hybridized carbons (Fsp3) is 0.583. The Morgan fingerprint density at radius 2 is 2.19 bits per heavy atom. The van der Waals surface area contributed by atoms with Gasteiger partial charge in [-0.25, -0.2) is 0 Å². The van der Waals surface area contributed by atoms with Gasteiger partial charge in [-0.3, -0.25) is 14.8 Å². The Balaban J connectivity index is 1.36. The van der Waals surface area contributed by atoms with Crippen LogP contribution < -0.4 is 9.47 Å². The molecule has 0 spiro atoms. The number of ether oxygens (including phenoxy) is 2. The lowest BCUT2D eigenvalue weighted by atomic mass is 9.96. The van der Waals surface area contributed by atoms with Gasteiger partial charge in [0.05, 0.1) is 19.3 Å². The molecule has 0 saturated carbocycles. The first kappa shape index (κ1) is 21.7. The summed E-state index contributed by atoms with van der Waals surface area (Å²) in [5.41, 5.74) is 4.72. The van der Waals surface area contributed by atoms with Gasteiger partial charge < -0.3 is 14.4 Å². The quantitative estimate of drug-likeness (QED) is 0.736. The first-order valence-corrected chi connectivity index (χ1v) is 11.4. The van der Waals surface area contributed by atoms with Crippen LogP contribution in [0.15, 0.2) is 18.2 Å². The van der Waals surface area contributed by atoms with Crippen molar-refractivity contribution in [1.82, 2.24) is 20.0 Å². The average Bonchev–Trinajstić information content (AvgIpc) is 3.10. The molecule has 1 unspecified atom stereocenters. The molecule has 0 saturated heterocycles. The Kier molecular flexibility index (Phi) is 6.80. The largest absolute Gasteiger partial charge is 0.497 e. The van der Waals surface area contributed by atoms with E-state index in [1.165, 1.54) is 24.1 Å². The standard InChI is InChI=1S/C24H34N4O3/c1-4-18-15-28(14-17-13-19(30-3)9-10-23(17)31-18)12-11-24(29)27(2)16-22-20-7-5-6-8-21(20)25-26-22/h9-10,13,18H,4-8,11-12,14-16H2,1-3H3,(H,25,26). The van der Waals surface area contributed by atoms with E-state index >= 15 is 0 Å². The third-order valence-electron chi connectivity index (χ3n) is 6.47. The first-order valence-electron chi connectivity index (χ1n) is 11.4. The topological polar surface area (TPSA) is 70.7 Å². The van der Waals surface area contributed by atoms with Crippen LogP contribution in [0.5, 0.6) is 11.5 Å². The summed E-state index contributed by atoms with van der Waals surface area (Å²) in [4.78, 5) is 17.0. The summed E-state index contributed by atoms with van der Waals surface area (Å²) in [5.74, 6) is 1.90. The van der Waals surface area contributed by atoms with Gasteiger partial charge in [0, 0.05) is 44.4 Å². The van der Waals surface area contributed by atoms with Crippen molar-refractivity contribution < 1.29 is 14.3 Å². The number of fused-ring (bicyclic) bond motifs is 2. The molecule has 7 heteroatoms. The van der Waals surface area contributed by atoms with Crippen LogP contribution in [0.4, 0.5) is 0 Å². The predicted molar refractivity (Wildman–Crippen MR) is 119 cm³/mol. The van der Waals surface area contributed by atoms with Gasteiger partial charge >= 0.3 is 0 Å². The van der Waals surface area contributed by atoms with Crippen LogP contribution in [0, 0.1) is 0 Å². The third kappa shape index (κ3) is 5.03. The number of hydrogen-bond acceptors (Lipinski definition) is 5. The second-order valence-electron chi connectivity index (χ2n) is 8.69. The third-order valence-corrected chi connectivity index (χ3v) is 6.47. The smallest absolute Gasteiger partial charge is 0.223 e. The molecule has 1 amide bonds. The Labute approximate surface area is 184 Å². The number of benzene rings is 1. The van der Waals surface area contributed by atoms with E-state index in [2.05, 4.69) is 22.0 Å².